The smallest absolute Gasteiger partial charge is 0.255 e. The molecule has 1 aromatic heterocycles. The molecule has 3 aromatic carbocycles. The minimum absolute atomic E-state index is 0.0468. The van der Waals surface area contributed by atoms with Crippen LogP contribution in [0.2, 0.25) is 0 Å². The Labute approximate surface area is 196 Å². The van der Waals surface area contributed by atoms with Crippen molar-refractivity contribution >= 4 is 22.7 Å². The third-order valence-electron chi connectivity index (χ3n) is 6.48. The Bertz CT molecular complexity index is 1410. The van der Waals surface area contributed by atoms with E-state index >= 15 is 0 Å². The zero-order chi connectivity index (χ0) is 23.1. The Kier molecular flexibility index (Phi) is 4.95. The summed E-state index contributed by atoms with van der Waals surface area (Å²) in [6.45, 7) is 0.926. The second kappa shape index (κ2) is 8.26. The van der Waals surface area contributed by atoms with Gasteiger partial charge in [-0.15, -0.1) is 0 Å². The number of nitrogens with one attached hydrogen (secondary N) is 2. The lowest BCUT2D eigenvalue weighted by atomic mass is 9.97. The molecule has 7 nitrogen and oxygen atoms in total. The minimum Gasteiger partial charge on any atom is -0.454 e. The molecule has 6 rings (SSSR count). The highest BCUT2D eigenvalue weighted by atomic mass is 16.7. The maximum Gasteiger partial charge on any atom is 0.255 e. The summed E-state index contributed by atoms with van der Waals surface area (Å²) in [5, 5.41) is 4.03. The van der Waals surface area contributed by atoms with E-state index in [2.05, 4.69) is 16.4 Å². The van der Waals surface area contributed by atoms with E-state index in [9.17, 15) is 9.59 Å². The van der Waals surface area contributed by atoms with Crippen molar-refractivity contribution in [2.24, 2.45) is 0 Å². The summed E-state index contributed by atoms with van der Waals surface area (Å²) in [5.41, 5.74) is 4.65. The molecular weight excluding hydrogens is 430 g/mol. The number of benzene rings is 3. The molecule has 2 amide bonds. The standard InChI is InChI=1S/C27H23N3O4/c31-25(29-14-17-9-10-23-24(13-17)34-16-33-23)11-12-30-26(19-6-1-2-7-20(19)27(30)32)21-15-28-22-8-4-3-5-18(21)22/h1-10,13,15,26,28H,11-12,14,16H2,(H,29,31)/t26-/m1/s1. The third kappa shape index (κ3) is 3.46. The number of amides is 2. The van der Waals surface area contributed by atoms with Crippen LogP contribution in [-0.4, -0.2) is 35.0 Å². The van der Waals surface area contributed by atoms with Gasteiger partial charge in [0.05, 0.1) is 6.04 Å². The molecule has 170 valence electrons. The van der Waals surface area contributed by atoms with E-state index in [1.807, 2.05) is 66.9 Å². The first-order valence-electron chi connectivity index (χ1n) is 11.3. The van der Waals surface area contributed by atoms with Gasteiger partial charge in [-0.25, -0.2) is 0 Å². The van der Waals surface area contributed by atoms with Crippen LogP contribution in [0.4, 0.5) is 0 Å². The minimum atomic E-state index is -0.235. The first-order valence-corrected chi connectivity index (χ1v) is 11.3. The largest absolute Gasteiger partial charge is 0.454 e. The van der Waals surface area contributed by atoms with E-state index in [1.165, 1.54) is 0 Å². The Morgan fingerprint density at radius 1 is 1.00 bits per heavy atom. The fraction of sp³-hybridized carbons (Fsp3) is 0.185. The second-order valence-corrected chi connectivity index (χ2v) is 8.49. The van der Waals surface area contributed by atoms with Crippen molar-refractivity contribution in [2.75, 3.05) is 13.3 Å². The summed E-state index contributed by atoms with van der Waals surface area (Å²) >= 11 is 0. The fourth-order valence-electron chi connectivity index (χ4n) is 4.82. The van der Waals surface area contributed by atoms with E-state index in [-0.39, 0.29) is 31.1 Å². The lowest BCUT2D eigenvalue weighted by molar-refractivity contribution is -0.121. The maximum atomic E-state index is 13.3. The molecule has 2 aliphatic heterocycles. The van der Waals surface area contributed by atoms with Gasteiger partial charge in [-0.2, -0.15) is 0 Å². The van der Waals surface area contributed by atoms with Crippen LogP contribution in [0.3, 0.4) is 0 Å². The first-order chi connectivity index (χ1) is 16.7. The zero-order valence-corrected chi connectivity index (χ0v) is 18.4. The molecule has 34 heavy (non-hydrogen) atoms. The quantitative estimate of drug-likeness (QED) is 0.460. The van der Waals surface area contributed by atoms with E-state index in [1.54, 1.807) is 4.90 Å². The number of carbonyl (C=O) groups is 2. The number of aromatic amines is 1. The molecule has 0 fully saturated rings. The molecule has 3 heterocycles. The number of rotatable bonds is 6. The second-order valence-electron chi connectivity index (χ2n) is 8.49. The average molecular weight is 453 g/mol. The molecule has 2 aliphatic rings. The van der Waals surface area contributed by atoms with Crippen molar-refractivity contribution < 1.29 is 19.1 Å². The number of hydrogen-bond donors (Lipinski definition) is 2. The molecule has 0 bridgehead atoms. The van der Waals surface area contributed by atoms with Gasteiger partial charge < -0.3 is 24.7 Å². The van der Waals surface area contributed by atoms with Crippen molar-refractivity contribution in [1.82, 2.24) is 15.2 Å². The van der Waals surface area contributed by atoms with Gasteiger partial charge in [-0.05, 0) is 35.4 Å². The molecule has 4 aromatic rings. The summed E-state index contributed by atoms with van der Waals surface area (Å²) < 4.78 is 10.7. The lowest BCUT2D eigenvalue weighted by Gasteiger charge is -2.25. The SMILES string of the molecule is O=C(CCN1C(=O)c2ccccc2[C@@H]1c1c[nH]c2ccccc12)NCc1ccc2c(c1)OCO2. The van der Waals surface area contributed by atoms with E-state index in [4.69, 9.17) is 9.47 Å². The monoisotopic (exact) mass is 453 g/mol. The number of H-pyrrole nitrogens is 1. The summed E-state index contributed by atoms with van der Waals surface area (Å²) in [6, 6.07) is 21.1. The van der Waals surface area contributed by atoms with Gasteiger partial charge in [0.1, 0.15) is 0 Å². The van der Waals surface area contributed by atoms with Crippen molar-refractivity contribution in [3.05, 3.63) is 95.2 Å². The van der Waals surface area contributed by atoms with Gasteiger partial charge >= 0.3 is 0 Å². The van der Waals surface area contributed by atoms with Crippen LogP contribution >= 0.6 is 0 Å². The van der Waals surface area contributed by atoms with Gasteiger partial charge in [-0.1, -0.05) is 42.5 Å². The van der Waals surface area contributed by atoms with Crippen molar-refractivity contribution in [1.29, 1.82) is 0 Å². The summed E-state index contributed by atoms with van der Waals surface area (Å²) in [4.78, 5) is 31.1. The zero-order valence-electron chi connectivity index (χ0n) is 18.4. The third-order valence-corrected chi connectivity index (χ3v) is 6.48. The highest BCUT2D eigenvalue weighted by Gasteiger charge is 2.38. The Hall–Kier alpha value is -4.26. The summed E-state index contributed by atoms with van der Waals surface area (Å²) in [5.74, 6) is 1.24. The molecular formula is C27H23N3O4. The molecule has 0 spiro atoms. The Balaban J connectivity index is 1.19. The predicted octanol–water partition coefficient (Wildman–Crippen LogP) is 4.15. The fourth-order valence-corrected chi connectivity index (χ4v) is 4.82. The van der Waals surface area contributed by atoms with Crippen LogP contribution in [0.15, 0.2) is 72.9 Å². The van der Waals surface area contributed by atoms with E-state index in [0.29, 0.717) is 30.2 Å². The number of nitrogens with zero attached hydrogens (tertiary/aromatic N) is 1. The van der Waals surface area contributed by atoms with Gasteiger partial charge in [0.15, 0.2) is 11.5 Å². The molecule has 0 aliphatic carbocycles. The van der Waals surface area contributed by atoms with Crippen LogP contribution in [0.1, 0.15) is 39.5 Å². The van der Waals surface area contributed by atoms with Gasteiger partial charge in [0.25, 0.3) is 5.91 Å². The normalized spacial score (nSPS) is 16.2. The van der Waals surface area contributed by atoms with Crippen molar-refractivity contribution in [2.45, 2.75) is 19.0 Å². The first kappa shape index (κ1) is 20.4. The molecule has 0 unspecified atom stereocenters. The van der Waals surface area contributed by atoms with Gasteiger partial charge in [0.2, 0.25) is 12.7 Å². The molecule has 0 radical (unpaired) electrons. The highest BCUT2D eigenvalue weighted by Crippen LogP contribution is 2.41. The molecule has 0 saturated carbocycles. The van der Waals surface area contributed by atoms with Crippen LogP contribution in [0.25, 0.3) is 10.9 Å². The number of carbonyl (C=O) groups excluding carboxylic acids is 2. The number of aromatic nitrogens is 1. The van der Waals surface area contributed by atoms with Crippen LogP contribution in [0.5, 0.6) is 11.5 Å². The number of para-hydroxylation sites is 1. The number of fused-ring (bicyclic) bond motifs is 3. The molecule has 0 saturated heterocycles. The van der Waals surface area contributed by atoms with Crippen LogP contribution in [0, 0.1) is 0 Å². The van der Waals surface area contributed by atoms with E-state index < -0.39 is 0 Å². The van der Waals surface area contributed by atoms with E-state index in [0.717, 1.165) is 27.6 Å². The van der Waals surface area contributed by atoms with Crippen molar-refractivity contribution in [3.8, 4) is 11.5 Å². The Morgan fingerprint density at radius 2 is 1.82 bits per heavy atom. The topological polar surface area (TPSA) is 83.7 Å². The van der Waals surface area contributed by atoms with Gasteiger partial charge in [-0.3, -0.25) is 9.59 Å². The lowest BCUT2D eigenvalue weighted by Crippen LogP contribution is -2.33. The molecule has 1 atom stereocenters. The molecule has 2 N–H and O–H groups in total. The van der Waals surface area contributed by atoms with Crippen LogP contribution < -0.4 is 14.8 Å². The molecule has 7 heteroatoms. The highest BCUT2D eigenvalue weighted by molar-refractivity contribution is 6.01. The van der Waals surface area contributed by atoms with Crippen molar-refractivity contribution in [3.63, 3.8) is 0 Å². The predicted molar refractivity (Wildman–Crippen MR) is 127 cm³/mol. The van der Waals surface area contributed by atoms with Crippen LogP contribution in [-0.2, 0) is 11.3 Å². The summed E-state index contributed by atoms with van der Waals surface area (Å²) in [6.07, 6.45) is 2.18. The average Bonchev–Trinajstić information content (AvgIpc) is 3.57. The summed E-state index contributed by atoms with van der Waals surface area (Å²) in [7, 11) is 0. The number of hydrogen-bond acceptors (Lipinski definition) is 4. The maximum absolute atomic E-state index is 13.3. The van der Waals surface area contributed by atoms with Gasteiger partial charge in [0, 0.05) is 47.7 Å². The number of ether oxygens (including phenoxy) is 2. The Morgan fingerprint density at radius 3 is 2.76 bits per heavy atom.